The van der Waals surface area contributed by atoms with Gasteiger partial charge < -0.3 is 19.7 Å². The van der Waals surface area contributed by atoms with Crippen LogP contribution in [0.1, 0.15) is 46.5 Å². The zero-order chi connectivity index (χ0) is 21.2. The van der Waals surface area contributed by atoms with Gasteiger partial charge in [0.05, 0.1) is 6.42 Å². The average molecular weight is 392 g/mol. The molecule has 0 spiro atoms. The van der Waals surface area contributed by atoms with Crippen molar-refractivity contribution in [2.45, 2.75) is 58.1 Å². The second kappa shape index (κ2) is 11.3. The van der Waals surface area contributed by atoms with Gasteiger partial charge in [-0.2, -0.15) is 0 Å². The summed E-state index contributed by atoms with van der Waals surface area (Å²) in [7, 11) is 0. The molecule has 28 heavy (non-hydrogen) atoms. The zero-order valence-electron chi connectivity index (χ0n) is 17.2. The van der Waals surface area contributed by atoms with Crippen molar-refractivity contribution in [1.82, 2.24) is 10.2 Å². The predicted molar refractivity (Wildman–Crippen MR) is 108 cm³/mol. The molecule has 7 heteroatoms. The van der Waals surface area contributed by atoms with Crippen molar-refractivity contribution in [3.05, 3.63) is 37.0 Å². The van der Waals surface area contributed by atoms with Gasteiger partial charge in [0.2, 0.25) is 5.91 Å². The summed E-state index contributed by atoms with van der Waals surface area (Å²) >= 11 is 0. The fourth-order valence-corrected chi connectivity index (χ4v) is 2.67. The van der Waals surface area contributed by atoms with Gasteiger partial charge in [-0.1, -0.05) is 31.4 Å². The fraction of sp³-hybridized carbons (Fsp3) is 0.571. The summed E-state index contributed by atoms with van der Waals surface area (Å²) in [4.78, 5) is 38.9. The first kappa shape index (κ1) is 23.5. The van der Waals surface area contributed by atoms with Gasteiger partial charge in [-0.3, -0.25) is 4.79 Å². The molecule has 1 heterocycles. The molecule has 0 radical (unpaired) electrons. The third-order valence-electron chi connectivity index (χ3n) is 4.04. The Bertz CT molecular complexity index is 613. The van der Waals surface area contributed by atoms with Crippen LogP contribution in [0.5, 0.6) is 0 Å². The number of piperidine rings is 1. The van der Waals surface area contributed by atoms with Crippen molar-refractivity contribution >= 4 is 18.0 Å². The molecule has 1 atom stereocenters. The molecule has 1 N–H and O–H groups in total. The highest BCUT2D eigenvalue weighted by Gasteiger charge is 2.30. The number of carbonyl (C=O) groups excluding carboxylic acids is 3. The van der Waals surface area contributed by atoms with Gasteiger partial charge in [-0.25, -0.2) is 9.59 Å². The van der Waals surface area contributed by atoms with E-state index in [4.69, 9.17) is 9.47 Å². The lowest BCUT2D eigenvalue weighted by Crippen LogP contribution is -2.48. The lowest BCUT2D eigenvalue weighted by Gasteiger charge is -2.28. The van der Waals surface area contributed by atoms with Crippen molar-refractivity contribution in [2.24, 2.45) is 0 Å². The molecule has 0 saturated carbocycles. The summed E-state index contributed by atoms with van der Waals surface area (Å²) in [5, 5.41) is 2.47. The molecule has 1 aliphatic heterocycles. The molecule has 0 bridgehead atoms. The van der Waals surface area contributed by atoms with Crippen LogP contribution in [0.15, 0.2) is 37.0 Å². The standard InChI is InChI=1S/C21H32N2O5/c1-6-11-16(7-2)15-27-19(25)17(22-20(26)28-21(3,4)5)14-18(24)23-12-9-8-10-13-23/h6-7,11,17H,1-2,8-10,12-15H2,3-5H3,(H,22,26)/b16-11+. The SMILES string of the molecule is C=C/C=C(\C=C)COC(=O)C(CC(=O)N1CCCCC1)NC(=O)OC(C)(C)C. The van der Waals surface area contributed by atoms with Crippen LogP contribution in [0.3, 0.4) is 0 Å². The Labute approximate surface area is 167 Å². The molecule has 1 unspecified atom stereocenters. The second-order valence-electron chi connectivity index (χ2n) is 7.63. The van der Waals surface area contributed by atoms with E-state index in [9.17, 15) is 14.4 Å². The van der Waals surface area contributed by atoms with E-state index < -0.39 is 23.7 Å². The van der Waals surface area contributed by atoms with Gasteiger partial charge in [0.15, 0.2) is 0 Å². The largest absolute Gasteiger partial charge is 0.459 e. The average Bonchev–Trinajstić information content (AvgIpc) is 2.63. The molecule has 1 saturated heterocycles. The summed E-state index contributed by atoms with van der Waals surface area (Å²) in [5.74, 6) is -0.892. The van der Waals surface area contributed by atoms with Crippen LogP contribution in [-0.2, 0) is 19.1 Å². The number of rotatable bonds is 8. The number of allylic oxidation sites excluding steroid dienone is 2. The van der Waals surface area contributed by atoms with Crippen LogP contribution >= 0.6 is 0 Å². The van der Waals surface area contributed by atoms with E-state index in [0.29, 0.717) is 18.7 Å². The first-order valence-corrected chi connectivity index (χ1v) is 9.54. The smallest absolute Gasteiger partial charge is 0.408 e. The van der Waals surface area contributed by atoms with Crippen LogP contribution in [0.25, 0.3) is 0 Å². The summed E-state index contributed by atoms with van der Waals surface area (Å²) in [5.41, 5.74) is -0.0697. The molecule has 156 valence electrons. The summed E-state index contributed by atoms with van der Waals surface area (Å²) in [6, 6.07) is -1.13. The van der Waals surface area contributed by atoms with Gasteiger partial charge in [0.1, 0.15) is 18.2 Å². The minimum Gasteiger partial charge on any atom is -0.459 e. The number of amides is 2. The summed E-state index contributed by atoms with van der Waals surface area (Å²) in [6.45, 7) is 13.7. The van der Waals surface area contributed by atoms with E-state index in [2.05, 4.69) is 18.5 Å². The second-order valence-corrected chi connectivity index (χ2v) is 7.63. The normalized spacial score (nSPS) is 16.0. The van der Waals surface area contributed by atoms with Crippen molar-refractivity contribution in [3.8, 4) is 0 Å². The minimum atomic E-state index is -1.13. The summed E-state index contributed by atoms with van der Waals surface area (Å²) in [6.07, 6.45) is 6.79. The Balaban J connectivity index is 2.80. The maximum absolute atomic E-state index is 12.6. The van der Waals surface area contributed by atoms with Gasteiger partial charge in [-0.15, -0.1) is 0 Å². The molecule has 2 amide bonds. The molecule has 7 nitrogen and oxygen atoms in total. The number of ether oxygens (including phenoxy) is 2. The Morgan fingerprint density at radius 2 is 1.79 bits per heavy atom. The number of likely N-dealkylation sites (tertiary alicyclic amines) is 1. The monoisotopic (exact) mass is 392 g/mol. The molecule has 0 aliphatic carbocycles. The highest BCUT2D eigenvalue weighted by molar-refractivity contribution is 5.88. The number of nitrogens with zero attached hydrogens (tertiary/aromatic N) is 1. The zero-order valence-corrected chi connectivity index (χ0v) is 17.2. The number of nitrogens with one attached hydrogen (secondary N) is 1. The predicted octanol–water partition coefficient (Wildman–Crippen LogP) is 3.12. The molecular formula is C21H32N2O5. The Hall–Kier alpha value is -2.57. The van der Waals surface area contributed by atoms with E-state index in [0.717, 1.165) is 19.3 Å². The van der Waals surface area contributed by atoms with Gasteiger partial charge in [-0.05, 0) is 45.6 Å². The third-order valence-corrected chi connectivity index (χ3v) is 4.04. The molecular weight excluding hydrogens is 360 g/mol. The van der Waals surface area contributed by atoms with E-state index in [1.165, 1.54) is 0 Å². The number of hydrogen-bond donors (Lipinski definition) is 1. The van der Waals surface area contributed by atoms with Crippen LogP contribution in [0, 0.1) is 0 Å². The molecule has 1 aliphatic rings. The number of hydrogen-bond acceptors (Lipinski definition) is 5. The third kappa shape index (κ3) is 8.88. The Morgan fingerprint density at radius 3 is 2.32 bits per heavy atom. The van der Waals surface area contributed by atoms with E-state index in [-0.39, 0.29) is 18.9 Å². The maximum atomic E-state index is 12.6. The highest BCUT2D eigenvalue weighted by Crippen LogP contribution is 2.13. The van der Waals surface area contributed by atoms with Gasteiger partial charge >= 0.3 is 12.1 Å². The molecule has 0 aromatic heterocycles. The number of alkyl carbamates (subject to hydrolysis) is 1. The van der Waals surface area contributed by atoms with E-state index >= 15 is 0 Å². The number of esters is 1. The number of carbonyl (C=O) groups is 3. The van der Waals surface area contributed by atoms with Crippen LogP contribution in [-0.4, -0.2) is 54.2 Å². The maximum Gasteiger partial charge on any atom is 0.408 e. The molecule has 0 aromatic rings. The lowest BCUT2D eigenvalue weighted by atomic mass is 10.1. The lowest BCUT2D eigenvalue weighted by molar-refractivity contribution is -0.148. The highest BCUT2D eigenvalue weighted by atomic mass is 16.6. The van der Waals surface area contributed by atoms with E-state index in [1.807, 2.05) is 0 Å². The van der Waals surface area contributed by atoms with Crippen LogP contribution in [0.2, 0.25) is 0 Å². The fourth-order valence-electron chi connectivity index (χ4n) is 2.67. The van der Waals surface area contributed by atoms with Crippen molar-refractivity contribution in [2.75, 3.05) is 19.7 Å². The molecule has 0 aromatic carbocycles. The van der Waals surface area contributed by atoms with Gasteiger partial charge in [0.25, 0.3) is 0 Å². The van der Waals surface area contributed by atoms with Crippen LogP contribution in [0.4, 0.5) is 4.79 Å². The van der Waals surface area contributed by atoms with Crippen molar-refractivity contribution < 1.29 is 23.9 Å². The van der Waals surface area contributed by atoms with Crippen molar-refractivity contribution in [3.63, 3.8) is 0 Å². The van der Waals surface area contributed by atoms with E-state index in [1.54, 1.807) is 43.9 Å². The van der Waals surface area contributed by atoms with Gasteiger partial charge in [0, 0.05) is 13.1 Å². The van der Waals surface area contributed by atoms with Crippen LogP contribution < -0.4 is 5.32 Å². The first-order valence-electron chi connectivity index (χ1n) is 9.54. The Morgan fingerprint density at radius 1 is 1.14 bits per heavy atom. The Kier molecular flexibility index (Phi) is 9.48. The topological polar surface area (TPSA) is 84.9 Å². The van der Waals surface area contributed by atoms with Crippen molar-refractivity contribution in [1.29, 1.82) is 0 Å². The quantitative estimate of drug-likeness (QED) is 0.507. The molecule has 1 rings (SSSR count). The minimum absolute atomic E-state index is 0.0290. The first-order chi connectivity index (χ1) is 13.2. The molecule has 1 fully saturated rings. The summed E-state index contributed by atoms with van der Waals surface area (Å²) < 4.78 is 10.5.